The van der Waals surface area contributed by atoms with E-state index < -0.39 is 0 Å². The number of hydrogen-bond acceptors (Lipinski definition) is 4. The van der Waals surface area contributed by atoms with E-state index in [1.54, 1.807) is 0 Å². The van der Waals surface area contributed by atoms with Gasteiger partial charge in [-0.15, -0.1) is 0 Å². The van der Waals surface area contributed by atoms with Crippen molar-refractivity contribution in [2.24, 2.45) is 47.3 Å². The van der Waals surface area contributed by atoms with Gasteiger partial charge in [-0.25, -0.2) is 0 Å². The van der Waals surface area contributed by atoms with Crippen molar-refractivity contribution in [3.05, 3.63) is 72.3 Å². The van der Waals surface area contributed by atoms with Crippen molar-refractivity contribution in [2.75, 3.05) is 0 Å². The fraction of sp³-hybridized carbons (Fsp3) is 0.455. The summed E-state index contributed by atoms with van der Waals surface area (Å²) in [5, 5.41) is 8.88. The summed E-state index contributed by atoms with van der Waals surface area (Å²) in [7, 11) is 0. The van der Waals surface area contributed by atoms with E-state index in [2.05, 4.69) is 70.4 Å². The molecule has 4 heteroatoms. The zero-order valence-electron chi connectivity index (χ0n) is 27.3. The predicted octanol–water partition coefficient (Wildman–Crippen LogP) is 9.39. The quantitative estimate of drug-likeness (QED) is 0.144. The summed E-state index contributed by atoms with van der Waals surface area (Å²) in [5.41, 5.74) is 2.00. The van der Waals surface area contributed by atoms with Gasteiger partial charge in [0, 0.05) is 57.5 Å². The predicted molar refractivity (Wildman–Crippen MR) is 190 cm³/mol. The van der Waals surface area contributed by atoms with E-state index in [4.69, 9.17) is 9.47 Å². The summed E-state index contributed by atoms with van der Waals surface area (Å²) in [6.07, 6.45) is 28.3. The molecule has 0 unspecified atom stereocenters. The first kappa shape index (κ1) is 27.6. The van der Waals surface area contributed by atoms with Gasteiger partial charge in [-0.1, -0.05) is 0 Å². The Bertz CT molecular complexity index is 1950. The number of benzene rings is 3. The highest BCUT2D eigenvalue weighted by Crippen LogP contribution is 2.55. The molecule has 0 amide bonds. The van der Waals surface area contributed by atoms with Crippen LogP contribution >= 0.6 is 0 Å². The molecule has 0 spiro atoms. The van der Waals surface area contributed by atoms with Crippen LogP contribution in [0, 0.1) is 71.4 Å². The molecular formula is C44H40N2O2. The van der Waals surface area contributed by atoms with Gasteiger partial charge in [0.15, 0.2) is 0 Å². The minimum Gasteiger partial charge on any atom is -0.442 e. The third kappa shape index (κ3) is 4.38. The van der Waals surface area contributed by atoms with Crippen LogP contribution in [0.5, 0.6) is 0 Å². The molecule has 5 aromatic rings. The first-order valence-electron chi connectivity index (χ1n) is 18.5. The van der Waals surface area contributed by atoms with Crippen molar-refractivity contribution in [2.45, 2.75) is 76.4 Å². The molecule has 0 N–H and O–H groups in total. The number of fused-ring (bicyclic) bond motifs is 4. The van der Waals surface area contributed by atoms with Crippen LogP contribution in [0.15, 0.2) is 61.2 Å². The Balaban J connectivity index is 1.06. The maximum atomic E-state index is 6.58. The highest BCUT2D eigenvalue weighted by atomic mass is 16.5. The van der Waals surface area contributed by atoms with Crippen molar-refractivity contribution in [1.29, 1.82) is 0 Å². The second-order valence-electron chi connectivity index (χ2n) is 16.5. The molecule has 48 heavy (non-hydrogen) atoms. The van der Waals surface area contributed by atoms with E-state index >= 15 is 0 Å². The van der Waals surface area contributed by atoms with Gasteiger partial charge in [-0.3, -0.25) is 9.97 Å². The van der Waals surface area contributed by atoms with Gasteiger partial charge in [-0.2, -0.15) is 0 Å². The first-order valence-corrected chi connectivity index (χ1v) is 18.5. The summed E-state index contributed by atoms with van der Waals surface area (Å²) in [6.45, 7) is 0. The van der Waals surface area contributed by atoms with E-state index in [1.807, 2.05) is 24.8 Å². The number of nitrogens with zero attached hydrogens (tertiary/aromatic N) is 2. The molecule has 0 aliphatic heterocycles. The van der Waals surface area contributed by atoms with Crippen molar-refractivity contribution in [3.8, 4) is 24.1 Å². The molecule has 8 aliphatic carbocycles. The molecule has 8 aliphatic rings. The fourth-order valence-electron chi connectivity index (χ4n) is 12.1. The summed E-state index contributed by atoms with van der Waals surface area (Å²) >= 11 is 0. The SMILES string of the molecule is C(#Cc1c2cc3ccncc3cc2c(C#COC2C3CC4CC(C3)CC2C4)c2cc3cnccc3cc12)OC1C2CC3CC(C2)CC1C3. The van der Waals surface area contributed by atoms with Crippen LogP contribution in [0.25, 0.3) is 43.1 Å². The molecule has 8 saturated carbocycles. The molecule has 8 fully saturated rings. The number of pyridine rings is 2. The van der Waals surface area contributed by atoms with Crippen LogP contribution < -0.4 is 0 Å². The van der Waals surface area contributed by atoms with Crippen LogP contribution in [-0.4, -0.2) is 22.2 Å². The lowest BCUT2D eigenvalue weighted by Gasteiger charge is -2.53. The highest BCUT2D eigenvalue weighted by Gasteiger charge is 2.50. The van der Waals surface area contributed by atoms with Crippen molar-refractivity contribution >= 4 is 43.1 Å². The Morgan fingerprint density at radius 3 is 1.19 bits per heavy atom. The van der Waals surface area contributed by atoms with Crippen LogP contribution in [-0.2, 0) is 9.47 Å². The maximum absolute atomic E-state index is 6.58. The zero-order valence-corrected chi connectivity index (χ0v) is 27.3. The molecule has 2 aromatic heterocycles. The van der Waals surface area contributed by atoms with E-state index in [0.717, 1.165) is 77.9 Å². The molecule has 4 nitrogen and oxygen atoms in total. The van der Waals surface area contributed by atoms with E-state index in [9.17, 15) is 0 Å². The van der Waals surface area contributed by atoms with Crippen LogP contribution in [0.2, 0.25) is 0 Å². The number of rotatable bonds is 2. The highest BCUT2D eigenvalue weighted by molar-refractivity contribution is 6.15. The second kappa shape index (κ2) is 10.6. The molecular weight excluding hydrogens is 588 g/mol. The van der Waals surface area contributed by atoms with Gasteiger partial charge < -0.3 is 9.47 Å². The smallest absolute Gasteiger partial charge is 0.116 e. The maximum Gasteiger partial charge on any atom is 0.116 e. The minimum atomic E-state index is 0.269. The number of aromatic nitrogens is 2. The lowest BCUT2D eigenvalue weighted by molar-refractivity contribution is -0.0911. The van der Waals surface area contributed by atoms with Gasteiger partial charge in [0.05, 0.1) is 0 Å². The molecule has 0 saturated heterocycles. The Morgan fingerprint density at radius 2 is 0.812 bits per heavy atom. The Morgan fingerprint density at radius 1 is 0.458 bits per heavy atom. The summed E-state index contributed by atoms with van der Waals surface area (Å²) in [5.74, 6) is 13.5. The van der Waals surface area contributed by atoms with Crippen LogP contribution in [0.1, 0.15) is 75.3 Å². The van der Waals surface area contributed by atoms with E-state index in [1.165, 1.54) is 64.2 Å². The third-order valence-electron chi connectivity index (χ3n) is 13.7. The molecule has 3 aromatic carbocycles. The van der Waals surface area contributed by atoms with Crippen molar-refractivity contribution < 1.29 is 9.47 Å². The first-order chi connectivity index (χ1) is 23.7. The van der Waals surface area contributed by atoms with E-state index in [-0.39, 0.29) is 12.2 Å². The average Bonchev–Trinajstić information content (AvgIpc) is 3.09. The largest absolute Gasteiger partial charge is 0.442 e. The topological polar surface area (TPSA) is 44.2 Å². The zero-order chi connectivity index (χ0) is 31.3. The normalized spacial score (nSPS) is 33.9. The van der Waals surface area contributed by atoms with Gasteiger partial charge in [0.25, 0.3) is 0 Å². The minimum absolute atomic E-state index is 0.269. The molecule has 13 rings (SSSR count). The Labute approximate surface area is 282 Å². The van der Waals surface area contributed by atoms with Crippen LogP contribution in [0.3, 0.4) is 0 Å². The van der Waals surface area contributed by atoms with Gasteiger partial charge in [-0.05, 0) is 181 Å². The third-order valence-corrected chi connectivity index (χ3v) is 13.7. The number of ether oxygens (including phenoxy) is 2. The Hall–Kier alpha value is -4.28. The standard InChI is InChI=1S/C44H40N2O2/c1-5-45-23-35-21-41-38(4-8-48-44-33-15-27-10-28(17-33)18-34(44)16-27)42-22-36-24-46-6-2-30(36)20-40(42)37(39(41)19-29(1)35)3-7-47-43-31-11-25-9-26(13-31)14-32(43)12-25/h1-2,5-6,19-28,31-34,43-44H,9-18H2. The lowest BCUT2D eigenvalue weighted by Crippen LogP contribution is -2.48. The molecule has 238 valence electrons. The molecule has 0 atom stereocenters. The fourth-order valence-corrected chi connectivity index (χ4v) is 12.1. The van der Waals surface area contributed by atoms with Gasteiger partial charge in [0.2, 0.25) is 0 Å². The molecule has 8 bridgehead atoms. The average molecular weight is 629 g/mol. The summed E-state index contributed by atoms with van der Waals surface area (Å²) < 4.78 is 13.1. The summed E-state index contributed by atoms with van der Waals surface area (Å²) in [4.78, 5) is 8.92. The monoisotopic (exact) mass is 628 g/mol. The molecule has 0 radical (unpaired) electrons. The van der Waals surface area contributed by atoms with Crippen LogP contribution in [0.4, 0.5) is 0 Å². The Kier molecular flexibility index (Phi) is 6.11. The van der Waals surface area contributed by atoms with Crippen molar-refractivity contribution in [3.63, 3.8) is 0 Å². The van der Waals surface area contributed by atoms with Crippen molar-refractivity contribution in [1.82, 2.24) is 9.97 Å². The van der Waals surface area contributed by atoms with Gasteiger partial charge in [0.1, 0.15) is 24.4 Å². The summed E-state index contributed by atoms with van der Waals surface area (Å²) in [6, 6.07) is 13.2. The van der Waals surface area contributed by atoms with Gasteiger partial charge >= 0.3 is 0 Å². The molecule has 2 heterocycles. The second-order valence-corrected chi connectivity index (χ2v) is 16.5. The lowest BCUT2D eigenvalue weighted by atomic mass is 9.55. The van der Waals surface area contributed by atoms with E-state index in [0.29, 0.717) is 23.7 Å². The number of hydrogen-bond donors (Lipinski definition) is 0.